The number of nitrogens with one attached hydrogen (secondary N) is 1. The van der Waals surface area contributed by atoms with Gasteiger partial charge < -0.3 is 11.5 Å². The third-order valence-electron chi connectivity index (χ3n) is 1.24. The van der Waals surface area contributed by atoms with Crippen LogP contribution in [-0.2, 0) is 0 Å². The molecule has 0 radical (unpaired) electrons. The SMILES string of the molecule is N=Nc1cccc(N)c1N. The van der Waals surface area contributed by atoms with Gasteiger partial charge in [0.25, 0.3) is 0 Å². The van der Waals surface area contributed by atoms with Crippen molar-refractivity contribution in [3.8, 4) is 0 Å². The zero-order valence-corrected chi connectivity index (χ0v) is 5.33. The predicted octanol–water partition coefficient (Wildman–Crippen LogP) is 1.51. The molecule has 10 heavy (non-hydrogen) atoms. The molecule has 0 fully saturated rings. The van der Waals surface area contributed by atoms with Gasteiger partial charge in [-0.3, -0.25) is 0 Å². The number of anilines is 2. The number of nitrogen functional groups attached to an aromatic ring is 2. The maximum Gasteiger partial charge on any atom is 0.110 e. The van der Waals surface area contributed by atoms with Gasteiger partial charge in [0.1, 0.15) is 5.69 Å². The number of nitrogens with zero attached hydrogens (tertiary/aromatic N) is 1. The van der Waals surface area contributed by atoms with Crippen molar-refractivity contribution in [1.29, 1.82) is 5.53 Å². The number of benzene rings is 1. The molecule has 0 saturated heterocycles. The Morgan fingerprint density at radius 3 is 2.50 bits per heavy atom. The monoisotopic (exact) mass is 136 g/mol. The highest BCUT2D eigenvalue weighted by atomic mass is 15.0. The lowest BCUT2D eigenvalue weighted by molar-refractivity contribution is 1.15. The molecule has 0 atom stereocenters. The first kappa shape index (κ1) is 6.54. The Bertz CT molecular complexity index is 256. The molecule has 0 aliphatic carbocycles. The summed E-state index contributed by atoms with van der Waals surface area (Å²) in [4.78, 5) is 0. The molecule has 4 heteroatoms. The van der Waals surface area contributed by atoms with Crippen LogP contribution in [0.2, 0.25) is 0 Å². The van der Waals surface area contributed by atoms with Crippen molar-refractivity contribution in [3.05, 3.63) is 18.2 Å². The summed E-state index contributed by atoms with van der Waals surface area (Å²) in [7, 11) is 0. The summed E-state index contributed by atoms with van der Waals surface area (Å²) in [5.41, 5.74) is 18.8. The number of hydrogen-bond acceptors (Lipinski definition) is 4. The maximum absolute atomic E-state index is 6.67. The number of nitrogens with two attached hydrogens (primary N) is 2. The van der Waals surface area contributed by atoms with E-state index in [4.69, 9.17) is 17.0 Å². The Hall–Kier alpha value is -1.58. The fraction of sp³-hybridized carbons (Fsp3) is 0. The second-order valence-corrected chi connectivity index (χ2v) is 1.89. The fourth-order valence-electron chi connectivity index (χ4n) is 0.668. The third kappa shape index (κ3) is 0.907. The molecule has 0 aliphatic rings. The van der Waals surface area contributed by atoms with Gasteiger partial charge in [0.15, 0.2) is 0 Å². The van der Waals surface area contributed by atoms with E-state index < -0.39 is 0 Å². The molecule has 0 amide bonds. The smallest absolute Gasteiger partial charge is 0.110 e. The summed E-state index contributed by atoms with van der Waals surface area (Å²) in [6.45, 7) is 0. The second-order valence-electron chi connectivity index (χ2n) is 1.89. The Morgan fingerprint density at radius 2 is 2.00 bits per heavy atom. The van der Waals surface area contributed by atoms with Gasteiger partial charge in [0, 0.05) is 0 Å². The molecule has 1 aromatic rings. The van der Waals surface area contributed by atoms with Crippen LogP contribution in [0.1, 0.15) is 0 Å². The molecule has 0 aromatic heterocycles. The van der Waals surface area contributed by atoms with Crippen LogP contribution in [0.4, 0.5) is 17.1 Å². The first-order valence-electron chi connectivity index (χ1n) is 2.77. The van der Waals surface area contributed by atoms with Crippen molar-refractivity contribution in [2.45, 2.75) is 0 Å². The molecule has 0 unspecified atom stereocenters. The van der Waals surface area contributed by atoms with Crippen molar-refractivity contribution < 1.29 is 0 Å². The van der Waals surface area contributed by atoms with E-state index in [0.717, 1.165) is 0 Å². The number of hydrogen-bond donors (Lipinski definition) is 3. The van der Waals surface area contributed by atoms with E-state index in [-0.39, 0.29) is 0 Å². The molecule has 1 rings (SSSR count). The minimum Gasteiger partial charge on any atom is -0.397 e. The molecule has 4 nitrogen and oxygen atoms in total. The summed E-state index contributed by atoms with van der Waals surface area (Å²) >= 11 is 0. The molecular weight excluding hydrogens is 128 g/mol. The molecule has 5 N–H and O–H groups in total. The Kier molecular flexibility index (Phi) is 1.53. The summed E-state index contributed by atoms with van der Waals surface area (Å²) in [6, 6.07) is 5.02. The van der Waals surface area contributed by atoms with Crippen LogP contribution in [0, 0.1) is 5.53 Å². The van der Waals surface area contributed by atoms with E-state index in [2.05, 4.69) is 5.11 Å². The van der Waals surface area contributed by atoms with Crippen LogP contribution in [0.5, 0.6) is 0 Å². The van der Waals surface area contributed by atoms with Gasteiger partial charge in [-0.25, -0.2) is 5.53 Å². The lowest BCUT2D eigenvalue weighted by Gasteiger charge is -1.99. The van der Waals surface area contributed by atoms with Gasteiger partial charge in [-0.1, -0.05) is 6.07 Å². The van der Waals surface area contributed by atoms with Gasteiger partial charge in [-0.2, -0.15) is 5.11 Å². The van der Waals surface area contributed by atoms with E-state index >= 15 is 0 Å². The summed E-state index contributed by atoms with van der Waals surface area (Å²) in [5, 5.41) is 3.18. The number of rotatable bonds is 1. The van der Waals surface area contributed by atoms with E-state index in [1.54, 1.807) is 18.2 Å². The molecule has 0 heterocycles. The summed E-state index contributed by atoms with van der Waals surface area (Å²) in [5.74, 6) is 0. The maximum atomic E-state index is 6.67. The molecule has 52 valence electrons. The van der Waals surface area contributed by atoms with E-state index in [0.29, 0.717) is 17.1 Å². The Morgan fingerprint density at radius 1 is 1.30 bits per heavy atom. The van der Waals surface area contributed by atoms with Gasteiger partial charge in [0.05, 0.1) is 11.4 Å². The van der Waals surface area contributed by atoms with Gasteiger partial charge in [-0.05, 0) is 12.1 Å². The topological polar surface area (TPSA) is 88.2 Å². The van der Waals surface area contributed by atoms with E-state index in [9.17, 15) is 0 Å². The van der Waals surface area contributed by atoms with Crippen LogP contribution in [0.25, 0.3) is 0 Å². The minimum atomic E-state index is 0.373. The third-order valence-corrected chi connectivity index (χ3v) is 1.24. The molecule has 0 aliphatic heterocycles. The largest absolute Gasteiger partial charge is 0.397 e. The number of para-hydroxylation sites is 1. The predicted molar refractivity (Wildman–Crippen MR) is 40.1 cm³/mol. The molecule has 1 aromatic carbocycles. The molecule has 0 saturated carbocycles. The van der Waals surface area contributed by atoms with Crippen LogP contribution in [-0.4, -0.2) is 0 Å². The van der Waals surface area contributed by atoms with Crippen LogP contribution >= 0.6 is 0 Å². The van der Waals surface area contributed by atoms with Gasteiger partial charge >= 0.3 is 0 Å². The summed E-state index contributed by atoms with van der Waals surface area (Å²) < 4.78 is 0. The lowest BCUT2D eigenvalue weighted by Crippen LogP contribution is -1.93. The first-order valence-corrected chi connectivity index (χ1v) is 2.77. The fourth-order valence-corrected chi connectivity index (χ4v) is 0.668. The highest BCUT2D eigenvalue weighted by molar-refractivity contribution is 5.75. The second kappa shape index (κ2) is 2.34. The minimum absolute atomic E-state index is 0.373. The van der Waals surface area contributed by atoms with Crippen molar-refractivity contribution >= 4 is 17.1 Å². The highest BCUT2D eigenvalue weighted by Crippen LogP contribution is 2.26. The molecule has 0 bridgehead atoms. The van der Waals surface area contributed by atoms with E-state index in [1.807, 2.05) is 0 Å². The van der Waals surface area contributed by atoms with Crippen molar-refractivity contribution in [1.82, 2.24) is 0 Å². The van der Waals surface area contributed by atoms with Gasteiger partial charge in [-0.15, -0.1) is 0 Å². The first-order chi connectivity index (χ1) is 4.75. The zero-order valence-electron chi connectivity index (χ0n) is 5.33. The van der Waals surface area contributed by atoms with Crippen LogP contribution in [0.3, 0.4) is 0 Å². The van der Waals surface area contributed by atoms with Crippen molar-refractivity contribution in [2.24, 2.45) is 5.11 Å². The quantitative estimate of drug-likeness (QED) is 0.403. The Balaban J connectivity index is 3.27. The Labute approximate surface area is 58.3 Å². The van der Waals surface area contributed by atoms with Crippen LogP contribution < -0.4 is 11.5 Å². The standard InChI is InChI=1S/C6H8N4/c7-4-2-1-3-5(10-9)6(4)8/h1-3,9H,7-8H2. The molecular formula is C6H8N4. The average Bonchev–Trinajstić information content (AvgIpc) is 1.95. The van der Waals surface area contributed by atoms with Crippen molar-refractivity contribution in [3.63, 3.8) is 0 Å². The summed E-state index contributed by atoms with van der Waals surface area (Å²) in [6.07, 6.45) is 0. The van der Waals surface area contributed by atoms with Gasteiger partial charge in [0.2, 0.25) is 0 Å². The normalized spacial score (nSPS) is 9.20. The zero-order chi connectivity index (χ0) is 7.56. The van der Waals surface area contributed by atoms with Crippen molar-refractivity contribution in [2.75, 3.05) is 11.5 Å². The van der Waals surface area contributed by atoms with E-state index in [1.165, 1.54) is 0 Å². The average molecular weight is 136 g/mol. The lowest BCUT2D eigenvalue weighted by atomic mass is 10.2. The van der Waals surface area contributed by atoms with Crippen LogP contribution in [0.15, 0.2) is 23.3 Å². The highest BCUT2D eigenvalue weighted by Gasteiger charge is 1.97. The molecule has 0 spiro atoms.